The van der Waals surface area contributed by atoms with Crippen LogP contribution >= 0.6 is 23.2 Å². The molecule has 5 nitrogen and oxygen atoms in total. The fourth-order valence-electron chi connectivity index (χ4n) is 1.59. The van der Waals surface area contributed by atoms with E-state index < -0.39 is 0 Å². The van der Waals surface area contributed by atoms with Gasteiger partial charge in [-0.25, -0.2) is 0 Å². The lowest BCUT2D eigenvalue weighted by molar-refractivity contribution is -0.122. The summed E-state index contributed by atoms with van der Waals surface area (Å²) in [6.45, 7) is 0.264. The largest absolute Gasteiger partial charge is 0.482 e. The van der Waals surface area contributed by atoms with Crippen molar-refractivity contribution in [3.8, 4) is 23.3 Å². The number of halogens is 2. The SMILES string of the molecule is O=C(COc1ccc(Cl)cc1Cl)NCC#CCOc1cccnc1. The Morgan fingerprint density at radius 3 is 2.83 bits per heavy atom. The molecule has 0 spiro atoms. The first-order valence-electron chi connectivity index (χ1n) is 6.98. The Kier molecular flexibility index (Phi) is 7.21. The molecule has 0 aliphatic rings. The molecule has 2 aromatic rings. The molecule has 1 aromatic carbocycles. The second-order valence-electron chi connectivity index (χ2n) is 4.47. The summed E-state index contributed by atoms with van der Waals surface area (Å²) in [5, 5.41) is 3.46. The van der Waals surface area contributed by atoms with E-state index in [1.165, 1.54) is 0 Å². The van der Waals surface area contributed by atoms with Crippen molar-refractivity contribution < 1.29 is 14.3 Å². The number of hydrogen-bond acceptors (Lipinski definition) is 4. The normalized spacial score (nSPS) is 9.58. The quantitative estimate of drug-likeness (QED) is 0.800. The van der Waals surface area contributed by atoms with Crippen molar-refractivity contribution in [1.29, 1.82) is 0 Å². The monoisotopic (exact) mass is 364 g/mol. The molecule has 1 aromatic heterocycles. The van der Waals surface area contributed by atoms with Crippen LogP contribution in [-0.4, -0.2) is 30.6 Å². The lowest BCUT2D eigenvalue weighted by Gasteiger charge is -2.07. The smallest absolute Gasteiger partial charge is 0.258 e. The van der Waals surface area contributed by atoms with E-state index in [1.54, 1.807) is 42.7 Å². The molecule has 0 saturated carbocycles. The number of rotatable bonds is 6. The van der Waals surface area contributed by atoms with Gasteiger partial charge in [0, 0.05) is 11.2 Å². The van der Waals surface area contributed by atoms with Crippen LogP contribution in [0.4, 0.5) is 0 Å². The molecule has 0 atom stereocenters. The van der Waals surface area contributed by atoms with Crippen LogP contribution in [0, 0.1) is 11.8 Å². The number of amides is 1. The van der Waals surface area contributed by atoms with Crippen molar-refractivity contribution in [1.82, 2.24) is 10.3 Å². The van der Waals surface area contributed by atoms with Crippen LogP contribution in [0.15, 0.2) is 42.7 Å². The molecular weight excluding hydrogens is 351 g/mol. The van der Waals surface area contributed by atoms with Gasteiger partial charge in [0.05, 0.1) is 17.8 Å². The Morgan fingerprint density at radius 2 is 2.08 bits per heavy atom. The second kappa shape index (κ2) is 9.66. The minimum absolute atomic E-state index is 0.158. The predicted molar refractivity (Wildman–Crippen MR) is 92.5 cm³/mol. The molecule has 0 aliphatic heterocycles. The number of carbonyl (C=O) groups is 1. The number of ether oxygens (including phenoxy) is 2. The first-order valence-corrected chi connectivity index (χ1v) is 7.74. The van der Waals surface area contributed by atoms with Crippen LogP contribution in [-0.2, 0) is 4.79 Å². The molecule has 1 heterocycles. The van der Waals surface area contributed by atoms with Gasteiger partial charge in [0.25, 0.3) is 5.91 Å². The van der Waals surface area contributed by atoms with Gasteiger partial charge in [0.2, 0.25) is 0 Å². The van der Waals surface area contributed by atoms with Gasteiger partial charge < -0.3 is 14.8 Å². The van der Waals surface area contributed by atoms with Gasteiger partial charge in [-0.15, -0.1) is 0 Å². The van der Waals surface area contributed by atoms with Crippen LogP contribution in [0.5, 0.6) is 11.5 Å². The molecule has 1 N–H and O–H groups in total. The Hall–Kier alpha value is -2.42. The minimum atomic E-state index is -0.302. The van der Waals surface area contributed by atoms with Crippen LogP contribution in [0.3, 0.4) is 0 Å². The van der Waals surface area contributed by atoms with E-state index in [1.807, 2.05) is 0 Å². The molecular formula is C17H14Cl2N2O3. The number of hydrogen-bond donors (Lipinski definition) is 1. The highest BCUT2D eigenvalue weighted by molar-refractivity contribution is 6.35. The third-order valence-corrected chi connectivity index (χ3v) is 3.23. The molecule has 2 rings (SSSR count). The molecule has 0 fully saturated rings. The van der Waals surface area contributed by atoms with Gasteiger partial charge in [-0.1, -0.05) is 35.0 Å². The zero-order chi connectivity index (χ0) is 17.2. The van der Waals surface area contributed by atoms with E-state index in [4.69, 9.17) is 32.7 Å². The maximum atomic E-state index is 11.6. The fraction of sp³-hybridized carbons (Fsp3) is 0.176. The van der Waals surface area contributed by atoms with Gasteiger partial charge in [-0.2, -0.15) is 0 Å². The van der Waals surface area contributed by atoms with E-state index in [-0.39, 0.29) is 25.7 Å². The van der Waals surface area contributed by atoms with Crippen LogP contribution < -0.4 is 14.8 Å². The number of benzene rings is 1. The van der Waals surface area contributed by atoms with E-state index in [0.29, 0.717) is 21.5 Å². The Bertz CT molecular complexity index is 742. The molecule has 0 saturated heterocycles. The van der Waals surface area contributed by atoms with Crippen LogP contribution in [0.25, 0.3) is 0 Å². The average Bonchev–Trinajstić information content (AvgIpc) is 2.58. The summed E-state index contributed by atoms with van der Waals surface area (Å²) in [6, 6.07) is 8.34. The summed E-state index contributed by atoms with van der Waals surface area (Å²) in [4.78, 5) is 15.6. The summed E-state index contributed by atoms with van der Waals surface area (Å²) in [6.07, 6.45) is 3.26. The zero-order valence-corrected chi connectivity index (χ0v) is 14.1. The third kappa shape index (κ3) is 6.37. The van der Waals surface area contributed by atoms with E-state index in [2.05, 4.69) is 22.1 Å². The van der Waals surface area contributed by atoms with E-state index in [9.17, 15) is 4.79 Å². The molecule has 1 amide bonds. The average molecular weight is 365 g/mol. The highest BCUT2D eigenvalue weighted by atomic mass is 35.5. The number of nitrogens with zero attached hydrogens (tertiary/aromatic N) is 1. The minimum Gasteiger partial charge on any atom is -0.482 e. The van der Waals surface area contributed by atoms with Crippen molar-refractivity contribution in [3.63, 3.8) is 0 Å². The molecule has 0 aliphatic carbocycles. The highest BCUT2D eigenvalue weighted by Crippen LogP contribution is 2.27. The van der Waals surface area contributed by atoms with Crippen molar-refractivity contribution in [2.75, 3.05) is 19.8 Å². The predicted octanol–water partition coefficient (Wildman–Crippen LogP) is 2.97. The topological polar surface area (TPSA) is 60.5 Å². The molecule has 24 heavy (non-hydrogen) atoms. The molecule has 124 valence electrons. The lowest BCUT2D eigenvalue weighted by atomic mass is 10.3. The van der Waals surface area contributed by atoms with Gasteiger partial charge in [0.15, 0.2) is 6.61 Å². The van der Waals surface area contributed by atoms with Crippen molar-refractivity contribution in [2.45, 2.75) is 0 Å². The Labute approximate surface area is 149 Å². The van der Waals surface area contributed by atoms with Gasteiger partial charge in [-0.05, 0) is 30.3 Å². The lowest BCUT2D eigenvalue weighted by Crippen LogP contribution is -2.29. The third-order valence-electron chi connectivity index (χ3n) is 2.70. The highest BCUT2D eigenvalue weighted by Gasteiger charge is 2.05. The van der Waals surface area contributed by atoms with E-state index in [0.717, 1.165) is 0 Å². The van der Waals surface area contributed by atoms with Crippen molar-refractivity contribution >= 4 is 29.1 Å². The fourth-order valence-corrected chi connectivity index (χ4v) is 2.06. The summed E-state index contributed by atoms with van der Waals surface area (Å²) in [5.74, 6) is 6.30. The Balaban J connectivity index is 1.64. The van der Waals surface area contributed by atoms with Gasteiger partial charge in [-0.3, -0.25) is 9.78 Å². The molecule has 0 radical (unpaired) electrons. The first kappa shape index (κ1) is 17.9. The maximum Gasteiger partial charge on any atom is 0.258 e. The number of pyridine rings is 1. The van der Waals surface area contributed by atoms with Gasteiger partial charge >= 0.3 is 0 Å². The molecule has 0 unspecified atom stereocenters. The zero-order valence-electron chi connectivity index (χ0n) is 12.6. The Morgan fingerprint density at radius 1 is 1.21 bits per heavy atom. The number of aromatic nitrogens is 1. The molecule has 7 heteroatoms. The molecule has 0 bridgehead atoms. The summed E-state index contributed by atoms with van der Waals surface area (Å²) >= 11 is 11.7. The summed E-state index contributed by atoms with van der Waals surface area (Å²) in [5.41, 5.74) is 0. The first-order chi connectivity index (χ1) is 11.6. The summed E-state index contributed by atoms with van der Waals surface area (Å²) < 4.78 is 10.6. The second-order valence-corrected chi connectivity index (χ2v) is 5.31. The van der Waals surface area contributed by atoms with Crippen molar-refractivity contribution in [3.05, 3.63) is 52.8 Å². The van der Waals surface area contributed by atoms with Crippen molar-refractivity contribution in [2.24, 2.45) is 0 Å². The number of carbonyl (C=O) groups excluding carboxylic acids is 1. The summed E-state index contributed by atoms with van der Waals surface area (Å²) in [7, 11) is 0. The standard InChI is InChI=1S/C17H14Cl2N2O3/c18-13-5-6-16(15(19)10-13)24-12-17(22)21-8-1-2-9-23-14-4-3-7-20-11-14/h3-7,10-11H,8-9,12H2,(H,21,22). The van der Waals surface area contributed by atoms with Crippen LogP contribution in [0.1, 0.15) is 0 Å². The number of nitrogens with one attached hydrogen (secondary N) is 1. The van der Waals surface area contributed by atoms with Crippen LogP contribution in [0.2, 0.25) is 10.0 Å². The maximum absolute atomic E-state index is 11.6. The van der Waals surface area contributed by atoms with E-state index >= 15 is 0 Å². The van der Waals surface area contributed by atoms with Gasteiger partial charge in [0.1, 0.15) is 18.1 Å².